The Labute approximate surface area is 128 Å². The largest absolute Gasteiger partial charge is 0.445 e. The van der Waals surface area contributed by atoms with Crippen molar-refractivity contribution >= 4 is 6.09 Å². The number of carbonyl (C=O) groups is 1. The number of hydrogen-bond acceptors (Lipinski definition) is 5. The number of alkyl carbamates (subject to hydrolysis) is 1. The molecule has 4 fully saturated rings. The Morgan fingerprint density at radius 2 is 2.00 bits per heavy atom. The summed E-state index contributed by atoms with van der Waals surface area (Å²) in [4.78, 5) is 12.1. The molecule has 1 amide bonds. The van der Waals surface area contributed by atoms with Crippen molar-refractivity contribution in [3.05, 3.63) is 35.9 Å². The van der Waals surface area contributed by atoms with E-state index in [-0.39, 0.29) is 13.2 Å². The minimum absolute atomic E-state index is 0.0305. The lowest BCUT2D eigenvalue weighted by molar-refractivity contribution is -0.212. The summed E-state index contributed by atoms with van der Waals surface area (Å²) in [5, 5.41) is 12.5. The Kier molecular flexibility index (Phi) is 2.98. The Morgan fingerprint density at radius 1 is 1.27 bits per heavy atom. The number of ether oxygens (including phenoxy) is 3. The van der Waals surface area contributed by atoms with Gasteiger partial charge in [-0.15, -0.1) is 0 Å². The Bertz CT molecular complexity index is 577. The molecule has 1 aliphatic carbocycles. The van der Waals surface area contributed by atoms with Gasteiger partial charge in [0.15, 0.2) is 0 Å². The molecule has 3 saturated heterocycles. The normalized spacial score (nSPS) is 33.9. The van der Waals surface area contributed by atoms with Crippen molar-refractivity contribution in [3.8, 4) is 0 Å². The highest BCUT2D eigenvalue weighted by Crippen LogP contribution is 2.62. The summed E-state index contributed by atoms with van der Waals surface area (Å²) in [5.41, 5.74) is -0.544. The first-order chi connectivity index (χ1) is 10.6. The molecule has 0 radical (unpaired) electrons. The van der Waals surface area contributed by atoms with Gasteiger partial charge in [-0.1, -0.05) is 30.3 Å². The monoisotopic (exact) mass is 305 g/mol. The Hall–Kier alpha value is -1.63. The van der Waals surface area contributed by atoms with E-state index in [0.717, 1.165) is 5.56 Å². The molecule has 4 aliphatic rings. The third-order valence-corrected chi connectivity index (χ3v) is 5.04. The van der Waals surface area contributed by atoms with E-state index in [9.17, 15) is 9.90 Å². The molecule has 6 heteroatoms. The molecule has 0 aromatic heterocycles. The number of benzene rings is 1. The molecule has 6 nitrogen and oxygen atoms in total. The van der Waals surface area contributed by atoms with E-state index in [0.29, 0.717) is 26.1 Å². The summed E-state index contributed by atoms with van der Waals surface area (Å²) >= 11 is 0. The van der Waals surface area contributed by atoms with Gasteiger partial charge >= 0.3 is 6.09 Å². The summed E-state index contributed by atoms with van der Waals surface area (Å²) in [6.45, 7) is 1.11. The lowest BCUT2D eigenvalue weighted by Crippen LogP contribution is -2.72. The lowest BCUT2D eigenvalue weighted by atomic mass is 9.61. The standard InChI is InChI=1S/C16H19NO5/c18-9-14-7-15(8-14,16(22-14)10-20-11-16)17-13(19)21-6-12-4-2-1-3-5-12/h1-5,18H,6-11H2,(H,17,19). The fraction of sp³-hybridized carbons (Fsp3) is 0.562. The van der Waals surface area contributed by atoms with Gasteiger partial charge in [-0.2, -0.15) is 0 Å². The van der Waals surface area contributed by atoms with Crippen molar-refractivity contribution in [1.82, 2.24) is 5.32 Å². The first kappa shape index (κ1) is 14.0. The first-order valence-electron chi connectivity index (χ1n) is 7.49. The van der Waals surface area contributed by atoms with Gasteiger partial charge in [0.2, 0.25) is 0 Å². The maximum atomic E-state index is 12.1. The minimum atomic E-state index is -0.517. The lowest BCUT2D eigenvalue weighted by Gasteiger charge is -2.50. The van der Waals surface area contributed by atoms with E-state index in [1.807, 2.05) is 30.3 Å². The maximum absolute atomic E-state index is 12.1. The van der Waals surface area contributed by atoms with Crippen LogP contribution in [-0.2, 0) is 20.8 Å². The number of hydrogen-bond donors (Lipinski definition) is 2. The number of nitrogens with one attached hydrogen (secondary N) is 1. The van der Waals surface area contributed by atoms with Crippen molar-refractivity contribution in [2.45, 2.75) is 36.2 Å². The average molecular weight is 305 g/mol. The molecule has 0 unspecified atom stereocenters. The fourth-order valence-electron chi connectivity index (χ4n) is 3.88. The Balaban J connectivity index is 1.40. The van der Waals surface area contributed by atoms with Gasteiger partial charge in [0, 0.05) is 12.8 Å². The molecule has 3 heterocycles. The molecule has 2 N–H and O–H groups in total. The van der Waals surface area contributed by atoms with Crippen LogP contribution in [0.1, 0.15) is 18.4 Å². The molecule has 2 bridgehead atoms. The van der Waals surface area contributed by atoms with Gasteiger partial charge < -0.3 is 24.6 Å². The highest BCUT2D eigenvalue weighted by Gasteiger charge is 2.78. The van der Waals surface area contributed by atoms with Crippen LogP contribution in [-0.4, -0.2) is 47.8 Å². The highest BCUT2D eigenvalue weighted by atomic mass is 16.6. The molecular weight excluding hydrogens is 286 g/mol. The summed E-state index contributed by atoms with van der Waals surface area (Å²) in [5.74, 6) is 0. The maximum Gasteiger partial charge on any atom is 0.408 e. The molecule has 1 saturated carbocycles. The zero-order valence-corrected chi connectivity index (χ0v) is 12.2. The zero-order chi connectivity index (χ0) is 15.3. The molecule has 3 aliphatic heterocycles. The molecule has 118 valence electrons. The van der Waals surface area contributed by atoms with Gasteiger partial charge in [-0.3, -0.25) is 0 Å². The van der Waals surface area contributed by atoms with Crippen LogP contribution in [0.25, 0.3) is 0 Å². The van der Waals surface area contributed by atoms with Gasteiger partial charge in [-0.05, 0) is 5.56 Å². The van der Waals surface area contributed by atoms with E-state index >= 15 is 0 Å². The second kappa shape index (κ2) is 4.68. The molecular formula is C16H19NO5. The van der Waals surface area contributed by atoms with Crippen molar-refractivity contribution in [1.29, 1.82) is 0 Å². The van der Waals surface area contributed by atoms with Crippen LogP contribution in [0.4, 0.5) is 4.79 Å². The average Bonchev–Trinajstić information content (AvgIpc) is 2.92. The number of amides is 1. The predicted octanol–water partition coefficient (Wildman–Crippen LogP) is 0.976. The van der Waals surface area contributed by atoms with Gasteiger partial charge in [0.25, 0.3) is 0 Å². The first-order valence-corrected chi connectivity index (χ1v) is 7.49. The van der Waals surface area contributed by atoms with Gasteiger partial charge in [-0.25, -0.2) is 4.79 Å². The van der Waals surface area contributed by atoms with Crippen LogP contribution in [0.3, 0.4) is 0 Å². The molecule has 1 aromatic rings. The molecule has 5 rings (SSSR count). The van der Waals surface area contributed by atoms with Crippen molar-refractivity contribution in [3.63, 3.8) is 0 Å². The van der Waals surface area contributed by atoms with Gasteiger partial charge in [0.05, 0.1) is 31.0 Å². The van der Waals surface area contributed by atoms with Crippen LogP contribution in [0.5, 0.6) is 0 Å². The van der Waals surface area contributed by atoms with E-state index in [4.69, 9.17) is 14.2 Å². The Morgan fingerprint density at radius 3 is 2.59 bits per heavy atom. The van der Waals surface area contributed by atoms with Gasteiger partial charge in [0.1, 0.15) is 12.2 Å². The van der Waals surface area contributed by atoms with Crippen LogP contribution in [0.2, 0.25) is 0 Å². The van der Waals surface area contributed by atoms with Crippen LogP contribution in [0.15, 0.2) is 30.3 Å². The third kappa shape index (κ3) is 1.87. The van der Waals surface area contributed by atoms with Crippen molar-refractivity contribution in [2.24, 2.45) is 0 Å². The number of aliphatic hydroxyl groups is 1. The minimum Gasteiger partial charge on any atom is -0.445 e. The second-order valence-electron chi connectivity index (χ2n) is 6.55. The second-order valence-corrected chi connectivity index (χ2v) is 6.55. The number of carbonyl (C=O) groups excluding carboxylic acids is 1. The van der Waals surface area contributed by atoms with Crippen LogP contribution < -0.4 is 5.32 Å². The van der Waals surface area contributed by atoms with Crippen molar-refractivity contribution in [2.75, 3.05) is 19.8 Å². The van der Waals surface area contributed by atoms with E-state index in [2.05, 4.69) is 5.32 Å². The van der Waals surface area contributed by atoms with E-state index < -0.39 is 22.8 Å². The molecule has 0 atom stereocenters. The third-order valence-electron chi connectivity index (χ3n) is 5.04. The fourth-order valence-corrected chi connectivity index (χ4v) is 3.88. The molecule has 1 aromatic carbocycles. The topological polar surface area (TPSA) is 77.0 Å². The number of rotatable bonds is 4. The zero-order valence-electron chi connectivity index (χ0n) is 12.2. The van der Waals surface area contributed by atoms with Crippen LogP contribution in [0, 0.1) is 0 Å². The van der Waals surface area contributed by atoms with E-state index in [1.54, 1.807) is 0 Å². The highest BCUT2D eigenvalue weighted by molar-refractivity contribution is 5.69. The molecule has 22 heavy (non-hydrogen) atoms. The summed E-state index contributed by atoms with van der Waals surface area (Å²) in [7, 11) is 0. The SMILES string of the molecule is O=C(NC12CC(CO)(C1)OC21COC1)OCc1ccccc1. The number of aliphatic hydroxyl groups excluding tert-OH is 1. The summed E-state index contributed by atoms with van der Waals surface area (Å²) in [6.07, 6.45) is 0.771. The quantitative estimate of drug-likeness (QED) is 0.867. The van der Waals surface area contributed by atoms with Crippen LogP contribution >= 0.6 is 0 Å². The predicted molar refractivity (Wildman–Crippen MR) is 76.2 cm³/mol. The van der Waals surface area contributed by atoms with Crippen molar-refractivity contribution < 1.29 is 24.1 Å². The van der Waals surface area contributed by atoms with E-state index in [1.165, 1.54) is 0 Å². The smallest absolute Gasteiger partial charge is 0.408 e. The molecule has 1 spiro atoms. The summed E-state index contributed by atoms with van der Waals surface area (Å²) in [6, 6.07) is 9.55. The summed E-state index contributed by atoms with van der Waals surface area (Å²) < 4.78 is 16.6.